The van der Waals surface area contributed by atoms with E-state index < -0.39 is 0 Å². The first-order chi connectivity index (χ1) is 11.2. The van der Waals surface area contributed by atoms with Crippen molar-refractivity contribution in [3.63, 3.8) is 0 Å². The molecule has 0 aliphatic carbocycles. The molecule has 3 nitrogen and oxygen atoms in total. The number of aryl methyl sites for hydroxylation is 1. The number of rotatable bonds is 5. The Hall–Kier alpha value is -2.04. The van der Waals surface area contributed by atoms with Gasteiger partial charge in [-0.2, -0.15) is 0 Å². The normalized spacial score (nSPS) is 11.2. The largest absolute Gasteiger partial charge is 0.348 e. The lowest BCUT2D eigenvalue weighted by Gasteiger charge is -2.04. The Bertz CT molecular complexity index is 809. The lowest BCUT2D eigenvalue weighted by atomic mass is 10.2. The van der Waals surface area contributed by atoms with Gasteiger partial charge in [-0.25, -0.2) is 4.98 Å². The third-order valence-electron chi connectivity index (χ3n) is 3.39. The Labute approximate surface area is 144 Å². The number of imidazole rings is 1. The fourth-order valence-electron chi connectivity index (χ4n) is 2.06. The second-order valence-electron chi connectivity index (χ2n) is 5.04. The molecule has 0 radical (unpaired) electrons. The van der Waals surface area contributed by atoms with Gasteiger partial charge in [0.1, 0.15) is 0 Å². The number of aromatic nitrogens is 2. The summed E-state index contributed by atoms with van der Waals surface area (Å²) in [7, 11) is 0. The van der Waals surface area contributed by atoms with E-state index in [1.165, 1.54) is 0 Å². The Morgan fingerprint density at radius 1 is 1.17 bits per heavy atom. The van der Waals surface area contributed by atoms with Gasteiger partial charge in [0.25, 0.3) is 0 Å². The number of H-pyrrole nitrogens is 1. The molecule has 0 amide bonds. The Morgan fingerprint density at radius 2 is 1.96 bits per heavy atom. The van der Waals surface area contributed by atoms with Crippen molar-refractivity contribution in [2.45, 2.75) is 17.6 Å². The van der Waals surface area contributed by atoms with E-state index in [2.05, 4.69) is 21.0 Å². The lowest BCUT2D eigenvalue weighted by Crippen LogP contribution is -1.85. The quantitative estimate of drug-likeness (QED) is 0.497. The number of hydrogen-bond acceptors (Lipinski definition) is 3. The van der Waals surface area contributed by atoms with E-state index in [0.29, 0.717) is 0 Å². The summed E-state index contributed by atoms with van der Waals surface area (Å²) in [6, 6.07) is 15.8. The van der Waals surface area contributed by atoms with E-state index in [4.69, 9.17) is 11.6 Å². The van der Waals surface area contributed by atoms with Crippen LogP contribution in [0.25, 0.3) is 0 Å². The number of halogens is 1. The zero-order valence-corrected chi connectivity index (χ0v) is 14.2. The highest BCUT2D eigenvalue weighted by molar-refractivity contribution is 7.98. The number of aliphatic imine (C=N–C) groups is 1. The molecule has 5 heteroatoms. The fraction of sp³-hybridized carbons (Fsp3) is 0.111. The zero-order valence-electron chi connectivity index (χ0n) is 12.7. The van der Waals surface area contributed by atoms with E-state index in [-0.39, 0.29) is 0 Å². The van der Waals surface area contributed by atoms with E-state index in [9.17, 15) is 0 Å². The summed E-state index contributed by atoms with van der Waals surface area (Å²) in [5.74, 6) is 0.822. The number of benzene rings is 2. The van der Waals surface area contributed by atoms with Crippen molar-refractivity contribution in [2.75, 3.05) is 0 Å². The Morgan fingerprint density at radius 3 is 2.70 bits per heavy atom. The maximum absolute atomic E-state index is 5.90. The fourth-order valence-corrected chi connectivity index (χ4v) is 3.21. The van der Waals surface area contributed by atoms with Crippen LogP contribution in [-0.2, 0) is 5.75 Å². The average Bonchev–Trinajstić information content (AvgIpc) is 2.98. The molecular formula is C18H16ClN3S. The van der Waals surface area contributed by atoms with Crippen LogP contribution < -0.4 is 0 Å². The minimum atomic E-state index is 0.729. The number of para-hydroxylation sites is 1. The van der Waals surface area contributed by atoms with Crippen molar-refractivity contribution in [1.29, 1.82) is 0 Å². The van der Waals surface area contributed by atoms with Crippen LogP contribution in [0.4, 0.5) is 5.69 Å². The summed E-state index contributed by atoms with van der Waals surface area (Å²) in [5.41, 5.74) is 4.17. The van der Waals surface area contributed by atoms with E-state index >= 15 is 0 Å². The van der Waals surface area contributed by atoms with Crippen molar-refractivity contribution in [1.82, 2.24) is 9.97 Å². The average molecular weight is 342 g/mol. The van der Waals surface area contributed by atoms with Crippen LogP contribution in [0.3, 0.4) is 0 Å². The molecule has 0 atom stereocenters. The molecule has 0 aliphatic heterocycles. The van der Waals surface area contributed by atoms with Crippen molar-refractivity contribution in [2.24, 2.45) is 4.99 Å². The SMILES string of the molecule is Cc1[nH]cnc1CSc1ccccc1N=Cc1ccc(Cl)cc1. The van der Waals surface area contributed by atoms with Gasteiger partial charge < -0.3 is 4.98 Å². The third kappa shape index (κ3) is 4.24. The molecule has 0 aliphatic rings. The number of hydrogen-bond donors (Lipinski definition) is 1. The van der Waals surface area contributed by atoms with Gasteiger partial charge in [0, 0.05) is 27.6 Å². The summed E-state index contributed by atoms with van der Waals surface area (Å²) in [6.07, 6.45) is 3.59. The van der Waals surface area contributed by atoms with Crippen LogP contribution in [0.5, 0.6) is 0 Å². The molecule has 0 saturated heterocycles. The van der Waals surface area contributed by atoms with Crippen molar-refractivity contribution >= 4 is 35.3 Å². The first-order valence-electron chi connectivity index (χ1n) is 7.23. The van der Waals surface area contributed by atoms with Crippen LogP contribution in [0.15, 0.2) is 64.7 Å². The standard InChI is InChI=1S/C18H16ClN3S/c1-13-17(22-12-21-13)11-23-18-5-3-2-4-16(18)20-10-14-6-8-15(19)9-7-14/h2-10,12H,11H2,1H3,(H,21,22). The van der Waals surface area contributed by atoms with Gasteiger partial charge in [-0.1, -0.05) is 35.9 Å². The van der Waals surface area contributed by atoms with Gasteiger partial charge in [0.15, 0.2) is 0 Å². The first-order valence-corrected chi connectivity index (χ1v) is 8.59. The van der Waals surface area contributed by atoms with Gasteiger partial charge in [0.05, 0.1) is 17.7 Å². The predicted molar refractivity (Wildman–Crippen MR) is 98.0 cm³/mol. The van der Waals surface area contributed by atoms with E-state index in [1.807, 2.05) is 55.6 Å². The molecule has 1 heterocycles. The molecule has 2 aromatic carbocycles. The maximum Gasteiger partial charge on any atom is 0.0925 e. The summed E-state index contributed by atoms with van der Waals surface area (Å²) < 4.78 is 0. The molecule has 3 aromatic rings. The van der Waals surface area contributed by atoms with Gasteiger partial charge in [-0.05, 0) is 36.8 Å². The molecule has 1 aromatic heterocycles. The van der Waals surface area contributed by atoms with Gasteiger partial charge >= 0.3 is 0 Å². The first kappa shape index (κ1) is 15.8. The Kier molecular flexibility index (Phi) is 5.16. The van der Waals surface area contributed by atoms with Gasteiger partial charge in [-0.3, -0.25) is 4.99 Å². The highest BCUT2D eigenvalue weighted by Gasteiger charge is 2.05. The number of thioether (sulfide) groups is 1. The van der Waals surface area contributed by atoms with Crippen LogP contribution >= 0.6 is 23.4 Å². The summed E-state index contributed by atoms with van der Waals surface area (Å²) in [5, 5.41) is 0.729. The lowest BCUT2D eigenvalue weighted by molar-refractivity contribution is 1.19. The molecule has 116 valence electrons. The molecule has 23 heavy (non-hydrogen) atoms. The molecular weight excluding hydrogens is 326 g/mol. The zero-order chi connectivity index (χ0) is 16.1. The molecule has 0 bridgehead atoms. The Balaban J connectivity index is 1.75. The highest BCUT2D eigenvalue weighted by Crippen LogP contribution is 2.31. The van der Waals surface area contributed by atoms with Crippen molar-refractivity contribution in [3.05, 3.63) is 76.8 Å². The molecule has 0 unspecified atom stereocenters. The molecule has 1 N–H and O–H groups in total. The summed E-state index contributed by atoms with van der Waals surface area (Å²) in [6.45, 7) is 2.04. The number of nitrogens with one attached hydrogen (secondary N) is 1. The molecule has 0 fully saturated rings. The maximum atomic E-state index is 5.90. The van der Waals surface area contributed by atoms with Crippen LogP contribution in [0.2, 0.25) is 5.02 Å². The van der Waals surface area contributed by atoms with E-state index in [0.717, 1.165) is 38.3 Å². The topological polar surface area (TPSA) is 41.0 Å². The van der Waals surface area contributed by atoms with Crippen LogP contribution in [-0.4, -0.2) is 16.2 Å². The summed E-state index contributed by atoms with van der Waals surface area (Å²) in [4.78, 5) is 13.2. The van der Waals surface area contributed by atoms with Crippen molar-refractivity contribution in [3.8, 4) is 0 Å². The van der Waals surface area contributed by atoms with Gasteiger partial charge in [-0.15, -0.1) is 11.8 Å². The highest BCUT2D eigenvalue weighted by atomic mass is 35.5. The predicted octanol–water partition coefficient (Wildman–Crippen LogP) is 5.41. The third-order valence-corrected chi connectivity index (χ3v) is 4.71. The van der Waals surface area contributed by atoms with E-state index in [1.54, 1.807) is 18.1 Å². The van der Waals surface area contributed by atoms with Crippen LogP contribution in [0.1, 0.15) is 17.0 Å². The second kappa shape index (κ2) is 7.49. The minimum absolute atomic E-state index is 0.729. The number of aromatic amines is 1. The summed E-state index contributed by atoms with van der Waals surface area (Å²) >= 11 is 7.64. The number of nitrogens with zero attached hydrogens (tertiary/aromatic N) is 2. The second-order valence-corrected chi connectivity index (χ2v) is 6.49. The minimum Gasteiger partial charge on any atom is -0.348 e. The van der Waals surface area contributed by atoms with Gasteiger partial charge in [0.2, 0.25) is 0 Å². The smallest absolute Gasteiger partial charge is 0.0925 e. The van der Waals surface area contributed by atoms with Crippen LogP contribution in [0, 0.1) is 6.92 Å². The monoisotopic (exact) mass is 341 g/mol. The van der Waals surface area contributed by atoms with Crippen molar-refractivity contribution < 1.29 is 0 Å². The molecule has 3 rings (SSSR count). The molecule has 0 spiro atoms. The molecule has 0 saturated carbocycles.